The van der Waals surface area contributed by atoms with Gasteiger partial charge in [0.05, 0.1) is 22.7 Å². The molecule has 1 fully saturated rings. The molecule has 0 unspecified atom stereocenters. The standard InChI is InChI=1S/C18H10Cl2N2O3S/c19-11-5-3-6-12(20)10(11)8-22-13-7-2-1-4-9(13)14(17(22)24)15-16(23)21-18(25)26-15/h1-7H,8H2,(H,21,23,25)/b15-14+. The molecular weight excluding hydrogens is 395 g/mol. The zero-order chi connectivity index (χ0) is 18.4. The van der Waals surface area contributed by atoms with Crippen molar-refractivity contribution in [2.24, 2.45) is 0 Å². The van der Waals surface area contributed by atoms with E-state index in [2.05, 4.69) is 5.32 Å². The lowest BCUT2D eigenvalue weighted by Crippen LogP contribution is -2.27. The van der Waals surface area contributed by atoms with Crippen LogP contribution >= 0.6 is 35.0 Å². The van der Waals surface area contributed by atoms with E-state index < -0.39 is 11.1 Å². The molecule has 26 heavy (non-hydrogen) atoms. The number of benzene rings is 2. The Balaban J connectivity index is 1.84. The van der Waals surface area contributed by atoms with Crippen LogP contribution in [0.1, 0.15) is 11.1 Å². The van der Waals surface area contributed by atoms with E-state index in [1.807, 2.05) is 0 Å². The number of para-hydroxylation sites is 1. The van der Waals surface area contributed by atoms with Crippen LogP contribution in [0.5, 0.6) is 0 Å². The van der Waals surface area contributed by atoms with E-state index >= 15 is 0 Å². The van der Waals surface area contributed by atoms with Gasteiger partial charge in [-0.3, -0.25) is 19.7 Å². The summed E-state index contributed by atoms with van der Waals surface area (Å²) in [6.45, 7) is 0.158. The molecular formula is C18H10Cl2N2O3S. The van der Waals surface area contributed by atoms with Gasteiger partial charge in [-0.2, -0.15) is 0 Å². The number of carbonyl (C=O) groups is 3. The lowest BCUT2D eigenvalue weighted by Gasteiger charge is -2.19. The first-order chi connectivity index (χ1) is 12.5. The predicted molar refractivity (Wildman–Crippen MR) is 102 cm³/mol. The zero-order valence-electron chi connectivity index (χ0n) is 13.1. The minimum Gasteiger partial charge on any atom is -0.303 e. The average Bonchev–Trinajstić information content (AvgIpc) is 3.07. The molecule has 4 rings (SSSR count). The number of anilines is 1. The third-order valence-electron chi connectivity index (χ3n) is 4.14. The summed E-state index contributed by atoms with van der Waals surface area (Å²) < 4.78 is 0. The fourth-order valence-corrected chi connectivity index (χ4v) is 4.27. The number of nitrogens with zero attached hydrogens (tertiary/aromatic N) is 1. The summed E-state index contributed by atoms with van der Waals surface area (Å²) in [7, 11) is 0. The summed E-state index contributed by atoms with van der Waals surface area (Å²) in [5, 5.41) is 2.60. The van der Waals surface area contributed by atoms with E-state index in [1.54, 1.807) is 42.5 Å². The molecule has 1 saturated heterocycles. The largest absolute Gasteiger partial charge is 0.303 e. The number of amides is 3. The average molecular weight is 405 g/mol. The maximum absolute atomic E-state index is 13.1. The molecule has 2 heterocycles. The Kier molecular flexibility index (Phi) is 4.26. The van der Waals surface area contributed by atoms with Crippen molar-refractivity contribution in [3.63, 3.8) is 0 Å². The van der Waals surface area contributed by atoms with Crippen LogP contribution in [0.3, 0.4) is 0 Å². The number of thioether (sulfide) groups is 1. The molecule has 0 spiro atoms. The van der Waals surface area contributed by atoms with Gasteiger partial charge in [-0.05, 0) is 30.0 Å². The molecule has 0 atom stereocenters. The van der Waals surface area contributed by atoms with Crippen LogP contribution in [0.15, 0.2) is 47.4 Å². The van der Waals surface area contributed by atoms with Crippen molar-refractivity contribution in [3.05, 3.63) is 68.5 Å². The highest BCUT2D eigenvalue weighted by molar-refractivity contribution is 8.18. The number of hydrogen-bond donors (Lipinski definition) is 1. The molecule has 0 radical (unpaired) electrons. The second-order valence-corrected chi connectivity index (χ2v) is 7.45. The van der Waals surface area contributed by atoms with Crippen molar-refractivity contribution in [1.82, 2.24) is 5.32 Å². The van der Waals surface area contributed by atoms with Crippen molar-refractivity contribution in [2.45, 2.75) is 6.54 Å². The maximum atomic E-state index is 13.1. The van der Waals surface area contributed by atoms with Crippen molar-refractivity contribution in [1.29, 1.82) is 0 Å². The van der Waals surface area contributed by atoms with Gasteiger partial charge in [0, 0.05) is 21.2 Å². The van der Waals surface area contributed by atoms with Gasteiger partial charge in [0.15, 0.2) is 0 Å². The Labute approximate surface area is 163 Å². The highest BCUT2D eigenvalue weighted by atomic mass is 35.5. The van der Waals surface area contributed by atoms with Crippen LogP contribution in [-0.4, -0.2) is 17.1 Å². The lowest BCUT2D eigenvalue weighted by atomic mass is 10.1. The van der Waals surface area contributed by atoms with Gasteiger partial charge in [-0.25, -0.2) is 0 Å². The van der Waals surface area contributed by atoms with E-state index in [4.69, 9.17) is 23.2 Å². The van der Waals surface area contributed by atoms with Gasteiger partial charge in [-0.1, -0.05) is 47.5 Å². The second kappa shape index (κ2) is 6.46. The molecule has 8 heteroatoms. The third kappa shape index (κ3) is 2.70. The molecule has 5 nitrogen and oxygen atoms in total. The summed E-state index contributed by atoms with van der Waals surface area (Å²) in [6.07, 6.45) is 0. The van der Waals surface area contributed by atoms with E-state index in [0.29, 0.717) is 26.9 Å². The molecule has 3 amide bonds. The minimum absolute atomic E-state index is 0.111. The van der Waals surface area contributed by atoms with Crippen LogP contribution in [0, 0.1) is 0 Å². The van der Waals surface area contributed by atoms with Crippen molar-refractivity contribution < 1.29 is 14.4 Å². The first kappa shape index (κ1) is 17.1. The molecule has 0 bridgehead atoms. The van der Waals surface area contributed by atoms with Crippen LogP contribution in [0.4, 0.5) is 10.5 Å². The Morgan fingerprint density at radius 2 is 1.65 bits per heavy atom. The highest BCUT2D eigenvalue weighted by Gasteiger charge is 2.40. The summed E-state index contributed by atoms with van der Waals surface area (Å²) in [5.41, 5.74) is 2.08. The fraction of sp³-hybridized carbons (Fsp3) is 0.0556. The van der Waals surface area contributed by atoms with Crippen LogP contribution in [-0.2, 0) is 16.1 Å². The second-order valence-electron chi connectivity index (χ2n) is 5.66. The summed E-state index contributed by atoms with van der Waals surface area (Å²) in [4.78, 5) is 38.3. The van der Waals surface area contributed by atoms with E-state index in [-0.39, 0.29) is 22.9 Å². The first-order valence-corrected chi connectivity index (χ1v) is 9.16. The minimum atomic E-state index is -0.559. The van der Waals surface area contributed by atoms with Gasteiger partial charge in [0.1, 0.15) is 0 Å². The highest BCUT2D eigenvalue weighted by Crippen LogP contribution is 2.43. The van der Waals surface area contributed by atoms with E-state index in [0.717, 1.165) is 11.8 Å². The molecule has 0 saturated carbocycles. The predicted octanol–water partition coefficient (Wildman–Crippen LogP) is 4.23. The van der Waals surface area contributed by atoms with Crippen LogP contribution in [0.25, 0.3) is 5.57 Å². The molecule has 2 aromatic carbocycles. The fourth-order valence-electron chi connectivity index (χ4n) is 2.98. The van der Waals surface area contributed by atoms with Gasteiger partial charge >= 0.3 is 0 Å². The molecule has 0 aliphatic carbocycles. The SMILES string of the molecule is O=C1NC(=O)/C(=C2\C(=O)N(Cc3c(Cl)cccc3Cl)c3ccccc32)S1. The summed E-state index contributed by atoms with van der Waals surface area (Å²) in [5.74, 6) is -0.926. The van der Waals surface area contributed by atoms with Gasteiger partial charge < -0.3 is 4.90 Å². The molecule has 2 aliphatic rings. The number of nitrogens with one attached hydrogen (secondary N) is 1. The quantitative estimate of drug-likeness (QED) is 0.760. The summed E-state index contributed by atoms with van der Waals surface area (Å²) in [6, 6.07) is 12.2. The van der Waals surface area contributed by atoms with E-state index in [1.165, 1.54) is 4.90 Å². The molecule has 2 aromatic rings. The topological polar surface area (TPSA) is 66.5 Å². The van der Waals surface area contributed by atoms with Crippen LogP contribution in [0.2, 0.25) is 10.0 Å². The number of rotatable bonds is 2. The van der Waals surface area contributed by atoms with E-state index in [9.17, 15) is 14.4 Å². The number of hydrogen-bond acceptors (Lipinski definition) is 4. The molecule has 130 valence electrons. The molecule has 0 aromatic heterocycles. The van der Waals surface area contributed by atoms with Crippen molar-refractivity contribution >= 4 is 63.3 Å². The van der Waals surface area contributed by atoms with Crippen LogP contribution < -0.4 is 10.2 Å². The number of carbonyl (C=O) groups excluding carboxylic acids is 3. The Bertz CT molecular complexity index is 999. The van der Waals surface area contributed by atoms with Gasteiger partial charge in [0.25, 0.3) is 17.1 Å². The Hall–Kier alpha value is -2.28. The summed E-state index contributed by atoms with van der Waals surface area (Å²) >= 11 is 13.2. The third-order valence-corrected chi connectivity index (χ3v) is 5.73. The maximum Gasteiger partial charge on any atom is 0.290 e. The van der Waals surface area contributed by atoms with Crippen molar-refractivity contribution in [2.75, 3.05) is 4.90 Å². The first-order valence-electron chi connectivity index (χ1n) is 7.59. The Morgan fingerprint density at radius 1 is 0.962 bits per heavy atom. The number of imide groups is 1. The van der Waals surface area contributed by atoms with Gasteiger partial charge in [0.2, 0.25) is 0 Å². The number of fused-ring (bicyclic) bond motifs is 1. The monoisotopic (exact) mass is 404 g/mol. The normalized spacial score (nSPS) is 19.2. The molecule has 2 aliphatic heterocycles. The number of halogens is 2. The lowest BCUT2D eigenvalue weighted by molar-refractivity contribution is -0.116. The smallest absolute Gasteiger partial charge is 0.290 e. The van der Waals surface area contributed by atoms with Crippen molar-refractivity contribution in [3.8, 4) is 0 Å². The Morgan fingerprint density at radius 3 is 2.31 bits per heavy atom. The molecule has 1 N–H and O–H groups in total. The zero-order valence-corrected chi connectivity index (χ0v) is 15.4. The van der Waals surface area contributed by atoms with Gasteiger partial charge in [-0.15, -0.1) is 0 Å².